The molecular weight excluding hydrogens is 216 g/mol. The molecule has 0 spiro atoms. The van der Waals surface area contributed by atoms with Crippen LogP contribution in [0.4, 0.5) is 0 Å². The fourth-order valence-electron chi connectivity index (χ4n) is 2.76. The third-order valence-electron chi connectivity index (χ3n) is 3.76. The van der Waals surface area contributed by atoms with Crippen molar-refractivity contribution < 1.29 is 14.6 Å². The summed E-state index contributed by atoms with van der Waals surface area (Å²) in [6.07, 6.45) is 5.14. The maximum Gasteiger partial charge on any atom is 0.161 e. The second-order valence-electron chi connectivity index (χ2n) is 4.95. The van der Waals surface area contributed by atoms with Gasteiger partial charge in [-0.1, -0.05) is 25.3 Å². The van der Waals surface area contributed by atoms with Crippen LogP contribution in [0.3, 0.4) is 0 Å². The quantitative estimate of drug-likeness (QED) is 0.811. The molecule has 2 aliphatic rings. The average Bonchev–Trinajstić information content (AvgIpc) is 2.39. The molecule has 0 atom stereocenters. The molecule has 0 bridgehead atoms. The molecule has 1 N–H and O–H groups in total. The molecule has 3 rings (SSSR count). The molecule has 1 aliphatic carbocycles. The standard InChI is InChI=1S/C14H18O3/c15-14(6-2-1-3-7-14)11-4-5-12-13(10-11)17-9-8-16-12/h4-5,10,15H,1-3,6-9H2. The number of fused-ring (bicyclic) bond motifs is 1. The van der Waals surface area contributed by atoms with E-state index in [4.69, 9.17) is 9.47 Å². The first-order valence-electron chi connectivity index (χ1n) is 6.40. The van der Waals surface area contributed by atoms with E-state index in [-0.39, 0.29) is 0 Å². The predicted octanol–water partition coefficient (Wildman–Crippen LogP) is 2.61. The van der Waals surface area contributed by atoms with E-state index in [1.807, 2.05) is 18.2 Å². The molecule has 3 heteroatoms. The van der Waals surface area contributed by atoms with Crippen molar-refractivity contribution in [1.29, 1.82) is 0 Å². The Labute approximate surface area is 101 Å². The summed E-state index contributed by atoms with van der Waals surface area (Å²) in [4.78, 5) is 0. The Morgan fingerprint density at radius 3 is 2.41 bits per heavy atom. The minimum atomic E-state index is -0.659. The molecule has 92 valence electrons. The summed E-state index contributed by atoms with van der Waals surface area (Å²) < 4.78 is 11.1. The average molecular weight is 234 g/mol. The number of benzene rings is 1. The van der Waals surface area contributed by atoms with E-state index in [1.54, 1.807) is 0 Å². The van der Waals surface area contributed by atoms with Gasteiger partial charge in [0.2, 0.25) is 0 Å². The maximum absolute atomic E-state index is 10.6. The fraction of sp³-hybridized carbons (Fsp3) is 0.571. The van der Waals surface area contributed by atoms with Gasteiger partial charge in [-0.15, -0.1) is 0 Å². The van der Waals surface area contributed by atoms with Gasteiger partial charge in [-0.25, -0.2) is 0 Å². The molecule has 0 unspecified atom stereocenters. The smallest absolute Gasteiger partial charge is 0.161 e. The van der Waals surface area contributed by atoms with E-state index >= 15 is 0 Å². The van der Waals surface area contributed by atoms with Gasteiger partial charge in [0.05, 0.1) is 5.60 Å². The third-order valence-corrected chi connectivity index (χ3v) is 3.76. The number of ether oxygens (including phenoxy) is 2. The molecule has 17 heavy (non-hydrogen) atoms. The lowest BCUT2D eigenvalue weighted by atomic mass is 9.79. The number of aliphatic hydroxyl groups is 1. The molecule has 1 fully saturated rings. The van der Waals surface area contributed by atoms with Crippen LogP contribution in [0.15, 0.2) is 18.2 Å². The lowest BCUT2D eigenvalue weighted by Gasteiger charge is -2.33. The van der Waals surface area contributed by atoms with Crippen LogP contribution >= 0.6 is 0 Å². The van der Waals surface area contributed by atoms with Crippen molar-refractivity contribution >= 4 is 0 Å². The third kappa shape index (κ3) is 2.00. The van der Waals surface area contributed by atoms with Crippen molar-refractivity contribution in [3.63, 3.8) is 0 Å². The van der Waals surface area contributed by atoms with Crippen LogP contribution in [0.1, 0.15) is 37.7 Å². The van der Waals surface area contributed by atoms with Gasteiger partial charge >= 0.3 is 0 Å². The Hall–Kier alpha value is -1.22. The first kappa shape index (κ1) is 10.9. The monoisotopic (exact) mass is 234 g/mol. The van der Waals surface area contributed by atoms with Gasteiger partial charge in [-0.05, 0) is 30.5 Å². The van der Waals surface area contributed by atoms with Crippen molar-refractivity contribution in [2.24, 2.45) is 0 Å². The Morgan fingerprint density at radius 2 is 1.65 bits per heavy atom. The van der Waals surface area contributed by atoms with E-state index in [2.05, 4.69) is 0 Å². The molecule has 1 heterocycles. The van der Waals surface area contributed by atoms with Gasteiger partial charge in [-0.3, -0.25) is 0 Å². The van der Waals surface area contributed by atoms with E-state index in [1.165, 1.54) is 6.42 Å². The van der Waals surface area contributed by atoms with Crippen LogP contribution in [0.2, 0.25) is 0 Å². The highest BCUT2D eigenvalue weighted by Gasteiger charge is 2.32. The first-order chi connectivity index (χ1) is 8.28. The lowest BCUT2D eigenvalue weighted by Crippen LogP contribution is -2.28. The van der Waals surface area contributed by atoms with E-state index in [9.17, 15) is 5.11 Å². The van der Waals surface area contributed by atoms with Crippen LogP contribution < -0.4 is 9.47 Å². The summed E-state index contributed by atoms with van der Waals surface area (Å²) in [7, 11) is 0. The molecule has 1 saturated carbocycles. The Balaban J connectivity index is 1.92. The molecule has 0 radical (unpaired) electrons. The zero-order valence-corrected chi connectivity index (χ0v) is 9.95. The summed E-state index contributed by atoms with van der Waals surface area (Å²) >= 11 is 0. The Kier molecular flexibility index (Phi) is 2.71. The van der Waals surface area contributed by atoms with Crippen molar-refractivity contribution in [2.75, 3.05) is 13.2 Å². The summed E-state index contributed by atoms with van der Waals surface area (Å²) in [5.74, 6) is 1.56. The SMILES string of the molecule is OC1(c2ccc3c(c2)OCCO3)CCCCC1. The second-order valence-corrected chi connectivity index (χ2v) is 4.95. The molecule has 0 saturated heterocycles. The predicted molar refractivity (Wildman–Crippen MR) is 64.4 cm³/mol. The Bertz CT molecular complexity index is 408. The summed E-state index contributed by atoms with van der Waals surface area (Å²) in [6.45, 7) is 1.20. The molecular formula is C14H18O3. The van der Waals surface area contributed by atoms with Crippen LogP contribution in [-0.4, -0.2) is 18.3 Å². The van der Waals surface area contributed by atoms with Crippen LogP contribution in [0.25, 0.3) is 0 Å². The molecule has 1 aromatic carbocycles. The Morgan fingerprint density at radius 1 is 0.941 bits per heavy atom. The number of hydrogen-bond donors (Lipinski definition) is 1. The highest BCUT2D eigenvalue weighted by Crippen LogP contribution is 2.40. The maximum atomic E-state index is 10.6. The van der Waals surface area contributed by atoms with Gasteiger partial charge in [0.1, 0.15) is 13.2 Å². The van der Waals surface area contributed by atoms with Crippen LogP contribution in [-0.2, 0) is 5.60 Å². The first-order valence-corrected chi connectivity index (χ1v) is 6.40. The van der Waals surface area contributed by atoms with E-state index in [0.717, 1.165) is 42.7 Å². The van der Waals surface area contributed by atoms with Gasteiger partial charge in [0.15, 0.2) is 11.5 Å². The zero-order valence-electron chi connectivity index (χ0n) is 9.95. The summed E-state index contributed by atoms with van der Waals surface area (Å²) in [5.41, 5.74) is 0.315. The van der Waals surface area contributed by atoms with E-state index in [0.29, 0.717) is 13.2 Å². The highest BCUT2D eigenvalue weighted by molar-refractivity contribution is 5.45. The van der Waals surface area contributed by atoms with Crippen molar-refractivity contribution in [3.8, 4) is 11.5 Å². The van der Waals surface area contributed by atoms with Gasteiger partial charge < -0.3 is 14.6 Å². The fourth-order valence-corrected chi connectivity index (χ4v) is 2.76. The molecule has 0 amide bonds. The number of rotatable bonds is 1. The molecule has 1 aromatic rings. The van der Waals surface area contributed by atoms with Crippen LogP contribution in [0.5, 0.6) is 11.5 Å². The topological polar surface area (TPSA) is 38.7 Å². The lowest BCUT2D eigenvalue weighted by molar-refractivity contribution is -0.00103. The van der Waals surface area contributed by atoms with Crippen molar-refractivity contribution in [1.82, 2.24) is 0 Å². The zero-order chi connectivity index (χ0) is 11.7. The largest absolute Gasteiger partial charge is 0.486 e. The second kappa shape index (κ2) is 4.22. The normalized spacial score (nSPS) is 22.2. The van der Waals surface area contributed by atoms with E-state index < -0.39 is 5.60 Å². The van der Waals surface area contributed by atoms with Crippen molar-refractivity contribution in [2.45, 2.75) is 37.7 Å². The summed E-state index contributed by atoms with van der Waals surface area (Å²) in [5, 5.41) is 10.6. The van der Waals surface area contributed by atoms with Gasteiger partial charge in [-0.2, -0.15) is 0 Å². The highest BCUT2D eigenvalue weighted by atomic mass is 16.6. The number of hydrogen-bond acceptors (Lipinski definition) is 3. The minimum Gasteiger partial charge on any atom is -0.486 e. The molecule has 1 aliphatic heterocycles. The van der Waals surface area contributed by atoms with Crippen LogP contribution in [0, 0.1) is 0 Å². The van der Waals surface area contributed by atoms with Crippen molar-refractivity contribution in [3.05, 3.63) is 23.8 Å². The van der Waals surface area contributed by atoms with Gasteiger partial charge in [0, 0.05) is 0 Å². The molecule has 3 nitrogen and oxygen atoms in total. The molecule has 0 aromatic heterocycles. The minimum absolute atomic E-state index is 0.592. The van der Waals surface area contributed by atoms with Gasteiger partial charge in [0.25, 0.3) is 0 Å². The summed E-state index contributed by atoms with van der Waals surface area (Å²) in [6, 6.07) is 5.83.